The van der Waals surface area contributed by atoms with Crippen molar-refractivity contribution in [3.05, 3.63) is 99.4 Å². The molecule has 0 unspecified atom stereocenters. The number of allylic oxidation sites excluding steroid dienone is 2. The van der Waals surface area contributed by atoms with Gasteiger partial charge in [0.25, 0.3) is 0 Å². The van der Waals surface area contributed by atoms with Crippen LogP contribution in [0.3, 0.4) is 0 Å². The maximum atomic E-state index is 11.7. The molecule has 0 saturated carbocycles. The molecule has 6 heteroatoms. The van der Waals surface area contributed by atoms with Gasteiger partial charge in [-0.1, -0.05) is 110 Å². The second-order valence-electron chi connectivity index (χ2n) is 16.0. The second kappa shape index (κ2) is 18.7. The normalized spacial score (nSPS) is 12.2. The van der Waals surface area contributed by atoms with E-state index in [1.54, 1.807) is 11.3 Å². The fourth-order valence-corrected chi connectivity index (χ4v) is 9.65. The van der Waals surface area contributed by atoms with Crippen molar-refractivity contribution in [1.82, 2.24) is 4.98 Å². The summed E-state index contributed by atoms with van der Waals surface area (Å²) >= 11 is 3.74. The first-order valence-corrected chi connectivity index (χ1v) is 21.2. The van der Waals surface area contributed by atoms with Gasteiger partial charge < -0.3 is 5.11 Å². The van der Waals surface area contributed by atoms with Crippen LogP contribution >= 0.6 is 22.7 Å². The Kier molecular flexibility index (Phi) is 15.1. The molecule has 0 spiro atoms. The number of benzene rings is 3. The molecule has 0 saturated heterocycles. The van der Waals surface area contributed by atoms with Gasteiger partial charge in [-0.05, 0) is 91.5 Å². The number of carbonyl (C=O) groups excluding carboxylic acids is 1. The number of nitrogens with zero attached hydrogens (tertiary/aromatic N) is 1. The van der Waals surface area contributed by atoms with E-state index in [0.29, 0.717) is 5.92 Å². The van der Waals surface area contributed by atoms with Crippen molar-refractivity contribution in [2.75, 3.05) is 0 Å². The smallest absolute Gasteiger partial charge is 0.162 e. The fourth-order valence-electron chi connectivity index (χ4n) is 7.29. The number of hydrogen-bond acceptors (Lipinski definition) is 5. The van der Waals surface area contributed by atoms with E-state index >= 15 is 0 Å². The van der Waals surface area contributed by atoms with Gasteiger partial charge >= 0.3 is 0 Å². The third-order valence-electron chi connectivity index (χ3n) is 10.5. The molecule has 0 bridgehead atoms. The number of aromatic nitrogens is 1. The molecule has 6 aromatic rings. The summed E-state index contributed by atoms with van der Waals surface area (Å²) in [7, 11) is 0. The molecule has 3 nitrogen and oxygen atoms in total. The van der Waals surface area contributed by atoms with E-state index in [1.807, 2.05) is 39.0 Å². The number of rotatable bonds is 11. The maximum Gasteiger partial charge on any atom is 0.162 e. The minimum Gasteiger partial charge on any atom is -0.512 e. The number of ketones is 1. The molecule has 0 amide bonds. The van der Waals surface area contributed by atoms with Gasteiger partial charge in [-0.25, -0.2) is 0 Å². The summed E-state index contributed by atoms with van der Waals surface area (Å²) in [5.74, 6) is 1.21. The number of fused-ring (bicyclic) bond motifs is 3. The molecule has 0 aliphatic heterocycles. The molecule has 54 heavy (non-hydrogen) atoms. The molecule has 0 aliphatic carbocycles. The summed E-state index contributed by atoms with van der Waals surface area (Å²) in [5.41, 5.74) is 7.37. The van der Waals surface area contributed by atoms with Gasteiger partial charge in [-0.3, -0.25) is 9.78 Å². The van der Waals surface area contributed by atoms with Crippen molar-refractivity contribution in [3.8, 4) is 22.4 Å². The number of aryl methyl sites for hydroxylation is 2. The Balaban J connectivity index is 0.000000347. The van der Waals surface area contributed by atoms with Gasteiger partial charge in [0.15, 0.2) is 5.78 Å². The van der Waals surface area contributed by atoms with Crippen LogP contribution in [0, 0.1) is 37.7 Å². The summed E-state index contributed by atoms with van der Waals surface area (Å²) in [4.78, 5) is 20.8. The van der Waals surface area contributed by atoms with Crippen molar-refractivity contribution in [2.24, 2.45) is 17.8 Å². The maximum absolute atomic E-state index is 11.7. The van der Waals surface area contributed by atoms with E-state index in [0.717, 1.165) is 53.6 Å². The predicted octanol–water partition coefficient (Wildman–Crippen LogP) is 14.8. The Morgan fingerprint density at radius 1 is 0.852 bits per heavy atom. The van der Waals surface area contributed by atoms with Gasteiger partial charge in [0.1, 0.15) is 4.83 Å². The largest absolute Gasteiger partial charge is 0.512 e. The first-order valence-electron chi connectivity index (χ1n) is 19.5. The van der Waals surface area contributed by atoms with Crippen LogP contribution in [0.1, 0.15) is 109 Å². The zero-order chi connectivity index (χ0) is 38.6. The Morgan fingerprint density at radius 2 is 1.52 bits per heavy atom. The molecule has 3 heterocycles. The van der Waals surface area contributed by atoms with Crippen molar-refractivity contribution in [3.63, 3.8) is 0 Å². The molecule has 3 aromatic carbocycles. The average molecular weight is 937 g/mol. The molecule has 289 valence electrons. The molecule has 6 rings (SSSR count). The Morgan fingerprint density at radius 3 is 2.15 bits per heavy atom. The molecule has 1 N–H and O–H groups in total. The monoisotopic (exact) mass is 937 g/mol. The average Bonchev–Trinajstić information content (AvgIpc) is 3.65. The SMILES string of the molecule is CCC(CC)C(=O)/C=C(\O)C(CC)CC.Cc1cc2c(-c3ccc4c(C)c(CC(C)C)sc4c3)cc(-c3[c-]c4ccccc4c(C(C)(C)C)c3)nc2s1.[Ir]. The number of hydrogen-bond donors (Lipinski definition) is 1. The van der Waals surface area contributed by atoms with Crippen molar-refractivity contribution in [1.29, 1.82) is 0 Å². The van der Waals surface area contributed by atoms with E-state index in [9.17, 15) is 9.90 Å². The number of pyridine rings is 1. The third kappa shape index (κ3) is 9.80. The van der Waals surface area contributed by atoms with Gasteiger partial charge in [-0.15, -0.1) is 51.8 Å². The Bertz CT molecular complexity index is 2240. The number of aliphatic hydroxyl groups is 1. The second-order valence-corrected chi connectivity index (χ2v) is 18.4. The van der Waals surface area contributed by atoms with Gasteiger partial charge in [0.05, 0.1) is 5.76 Å². The standard InChI is InChI=1S/C35H34NS2.C13H24O2.Ir/c1-20(2)14-32-22(4)26-13-12-24(18-33(26)38-32)28-19-31(36-34-29(28)15-21(3)37-34)25-16-23-10-8-9-11-27(23)30(17-25)35(5,6)7;1-5-10(6-2)12(14)9-13(15)11(7-3)8-4;/h8-13,15,17-20H,14H2,1-7H3;9-11,14H,5-8H2,1-4H3;/q-1;;/b;12-9-;. The molecule has 3 aromatic heterocycles. The fraction of sp³-hybridized carbons (Fsp3) is 0.417. The van der Waals surface area contributed by atoms with Crippen LogP contribution in [0.5, 0.6) is 0 Å². The van der Waals surface area contributed by atoms with Crippen LogP contribution in [0.2, 0.25) is 0 Å². The van der Waals surface area contributed by atoms with Crippen LogP contribution in [-0.2, 0) is 36.7 Å². The Hall–Kier alpha value is -3.15. The van der Waals surface area contributed by atoms with Crippen LogP contribution in [-0.4, -0.2) is 15.9 Å². The molecule has 0 atom stereocenters. The predicted molar refractivity (Wildman–Crippen MR) is 233 cm³/mol. The summed E-state index contributed by atoms with van der Waals surface area (Å²) in [6.45, 7) is 24.0. The van der Waals surface area contributed by atoms with E-state index < -0.39 is 0 Å². The van der Waals surface area contributed by atoms with E-state index in [2.05, 4.69) is 115 Å². The van der Waals surface area contributed by atoms with Crippen LogP contribution in [0.15, 0.2) is 72.5 Å². The summed E-state index contributed by atoms with van der Waals surface area (Å²) in [6, 6.07) is 26.2. The van der Waals surface area contributed by atoms with E-state index in [-0.39, 0.29) is 48.9 Å². The molecule has 0 fully saturated rings. The topological polar surface area (TPSA) is 50.2 Å². The summed E-state index contributed by atoms with van der Waals surface area (Å²) in [6.07, 6.45) is 6.05. The van der Waals surface area contributed by atoms with Crippen molar-refractivity contribution in [2.45, 2.75) is 114 Å². The van der Waals surface area contributed by atoms with Gasteiger partial charge in [0, 0.05) is 63.6 Å². The van der Waals surface area contributed by atoms with Crippen LogP contribution in [0.4, 0.5) is 0 Å². The zero-order valence-corrected chi connectivity index (χ0v) is 38.1. The van der Waals surface area contributed by atoms with E-state index in [4.69, 9.17) is 4.98 Å². The zero-order valence-electron chi connectivity index (χ0n) is 34.1. The van der Waals surface area contributed by atoms with Gasteiger partial charge in [-0.2, -0.15) is 0 Å². The third-order valence-corrected chi connectivity index (χ3v) is 12.7. The van der Waals surface area contributed by atoms with Gasteiger partial charge in [0.2, 0.25) is 0 Å². The summed E-state index contributed by atoms with van der Waals surface area (Å²) in [5, 5.41) is 14.8. The molecule has 0 aliphatic rings. The number of carbonyl (C=O) groups is 1. The van der Waals surface area contributed by atoms with E-state index in [1.165, 1.54) is 58.9 Å². The number of thiophene rings is 2. The number of aliphatic hydroxyl groups excluding tert-OH is 1. The first kappa shape index (κ1) is 43.6. The molecular formula is C48H58IrNO2S2-. The quantitative estimate of drug-likeness (QED) is 0.0800. The minimum absolute atomic E-state index is 0. The molecular weight excluding hydrogens is 879 g/mol. The van der Waals surface area contributed by atoms with Crippen molar-refractivity contribution >= 4 is 59.5 Å². The van der Waals surface area contributed by atoms with Crippen molar-refractivity contribution < 1.29 is 30.0 Å². The molecule has 1 radical (unpaired) electrons. The van der Waals surface area contributed by atoms with Crippen LogP contribution in [0.25, 0.3) is 53.5 Å². The summed E-state index contributed by atoms with van der Waals surface area (Å²) < 4.78 is 1.38. The van der Waals surface area contributed by atoms with Crippen LogP contribution < -0.4 is 0 Å². The first-order chi connectivity index (χ1) is 25.2. The Labute approximate surface area is 345 Å². The minimum atomic E-state index is 0.